The van der Waals surface area contributed by atoms with Crippen molar-refractivity contribution in [2.24, 2.45) is 17.4 Å². The van der Waals surface area contributed by atoms with E-state index in [-0.39, 0.29) is 64.3 Å². The molecular weight excluding hydrogens is 632 g/mol. The Hall–Kier alpha value is -5.04. The van der Waals surface area contributed by atoms with Gasteiger partial charge in [0.1, 0.15) is 43.6 Å². The molecule has 0 aliphatic carbocycles. The van der Waals surface area contributed by atoms with Crippen molar-refractivity contribution >= 4 is 29.9 Å². The number of carbonyl (C=O) groups excluding carboxylic acids is 5. The van der Waals surface area contributed by atoms with Gasteiger partial charge in [0.05, 0.1) is 25.7 Å². The highest BCUT2D eigenvalue weighted by molar-refractivity contribution is 5.91. The van der Waals surface area contributed by atoms with Gasteiger partial charge in [0.15, 0.2) is 0 Å². The van der Waals surface area contributed by atoms with Gasteiger partial charge in [-0.15, -0.1) is 0 Å². The molecule has 15 nitrogen and oxygen atoms in total. The average Bonchev–Trinajstić information content (AvgIpc) is 3.10. The second kappa shape index (κ2) is 21.8. The molecule has 2 rings (SSSR count). The molecule has 2 atom stereocenters. The zero-order valence-electron chi connectivity index (χ0n) is 28.4. The van der Waals surface area contributed by atoms with Crippen LogP contribution in [0.25, 0.3) is 11.1 Å². The van der Waals surface area contributed by atoms with E-state index in [9.17, 15) is 24.0 Å². The van der Waals surface area contributed by atoms with Crippen LogP contribution in [0.5, 0.6) is 11.5 Å². The molecule has 4 amide bonds. The Kier molecular flexibility index (Phi) is 17.8. The lowest BCUT2D eigenvalue weighted by Crippen LogP contribution is -2.44. The average molecular weight is 681 g/mol. The molecule has 0 aliphatic heterocycles. The van der Waals surface area contributed by atoms with Gasteiger partial charge in [-0.2, -0.15) is 5.26 Å². The van der Waals surface area contributed by atoms with Crippen LogP contribution in [0, 0.1) is 17.2 Å². The van der Waals surface area contributed by atoms with Gasteiger partial charge in [0.25, 0.3) is 0 Å². The third kappa shape index (κ3) is 12.5. The summed E-state index contributed by atoms with van der Waals surface area (Å²) in [7, 11) is 3.12. The molecule has 2 unspecified atom stereocenters. The summed E-state index contributed by atoms with van der Waals surface area (Å²) in [6, 6.07) is 11.3. The van der Waals surface area contributed by atoms with Crippen LogP contribution in [0.4, 0.5) is 0 Å². The molecule has 0 bridgehead atoms. The van der Waals surface area contributed by atoms with Gasteiger partial charge in [0.2, 0.25) is 23.6 Å². The van der Waals surface area contributed by atoms with Crippen molar-refractivity contribution in [3.05, 3.63) is 47.5 Å². The van der Waals surface area contributed by atoms with E-state index in [1.807, 2.05) is 25.1 Å². The van der Waals surface area contributed by atoms with Gasteiger partial charge in [-0.05, 0) is 55.3 Å². The molecule has 0 aliphatic rings. The van der Waals surface area contributed by atoms with Gasteiger partial charge in [-0.3, -0.25) is 19.2 Å². The topological polar surface area (TPSA) is 231 Å². The number of hydrogen-bond acceptors (Lipinski definition) is 11. The quantitative estimate of drug-likeness (QED) is 0.0703. The molecule has 2 aromatic rings. The van der Waals surface area contributed by atoms with Gasteiger partial charge in [-0.25, -0.2) is 0 Å². The van der Waals surface area contributed by atoms with Crippen molar-refractivity contribution in [1.29, 1.82) is 5.26 Å². The van der Waals surface area contributed by atoms with Gasteiger partial charge >= 0.3 is 0 Å². The Morgan fingerprint density at radius 3 is 2.18 bits per heavy atom. The number of aldehydes is 1. The molecular formula is C34H48N8O7. The van der Waals surface area contributed by atoms with Crippen molar-refractivity contribution in [3.63, 3.8) is 0 Å². The summed E-state index contributed by atoms with van der Waals surface area (Å²) >= 11 is 0. The SMILES string of the molecule is CCCC(Cc1ccc(OCCN)c(-c2cc(C(C(=O)NCC=O)N(C)C(=O)CNC)ccc2OCCN)c1)C(=O)NCC(=O)NCC#N. The predicted molar refractivity (Wildman–Crippen MR) is 183 cm³/mol. The summed E-state index contributed by atoms with van der Waals surface area (Å²) < 4.78 is 12.1. The number of amides is 4. The van der Waals surface area contributed by atoms with Gasteiger partial charge in [-0.1, -0.05) is 25.5 Å². The smallest absolute Gasteiger partial charge is 0.247 e. The standard InChI is InChI=1S/C34H48N8O7/c1-4-5-25(33(46)41-21-30(44)39-13-10-35)18-23-6-8-28(48-16-11-36)26(19-23)27-20-24(7-9-29(27)49-17-12-37)32(34(47)40-14-15-43)42(3)31(45)22-38-2/h6-9,15,19-20,25,32,38H,4-5,11-14,16-18,21-22,36-37H2,1-3H3,(H,39,44)(H,40,47)(H,41,46). The van der Waals surface area contributed by atoms with Crippen LogP contribution in [0.1, 0.15) is 36.9 Å². The monoisotopic (exact) mass is 680 g/mol. The summed E-state index contributed by atoms with van der Waals surface area (Å²) in [6.45, 7) is 2.18. The number of nitriles is 1. The number of nitrogens with one attached hydrogen (secondary N) is 4. The summed E-state index contributed by atoms with van der Waals surface area (Å²) in [5.74, 6) is -1.22. The molecule has 0 radical (unpaired) electrons. The summed E-state index contributed by atoms with van der Waals surface area (Å²) in [5, 5.41) is 19.1. The molecule has 266 valence electrons. The zero-order chi connectivity index (χ0) is 36.2. The van der Waals surface area contributed by atoms with Crippen molar-refractivity contribution in [1.82, 2.24) is 26.2 Å². The fourth-order valence-corrected chi connectivity index (χ4v) is 5.11. The predicted octanol–water partition coefficient (Wildman–Crippen LogP) is -0.223. The van der Waals surface area contributed by atoms with Crippen LogP contribution in [0.3, 0.4) is 0 Å². The van der Waals surface area contributed by atoms with Crippen LogP contribution in [0.15, 0.2) is 36.4 Å². The molecule has 0 spiro atoms. The Balaban J connectivity index is 2.67. The molecule has 49 heavy (non-hydrogen) atoms. The third-order valence-electron chi connectivity index (χ3n) is 7.40. The number of benzene rings is 2. The number of nitrogens with zero attached hydrogens (tertiary/aromatic N) is 2. The molecule has 0 saturated heterocycles. The molecule has 8 N–H and O–H groups in total. The Bertz CT molecular complexity index is 1460. The number of ether oxygens (including phenoxy) is 2. The highest BCUT2D eigenvalue weighted by Gasteiger charge is 2.30. The molecule has 0 heterocycles. The van der Waals surface area contributed by atoms with E-state index in [4.69, 9.17) is 26.2 Å². The van der Waals surface area contributed by atoms with Crippen molar-refractivity contribution in [2.75, 3.05) is 66.6 Å². The number of nitrogens with two attached hydrogens (primary N) is 2. The maximum absolute atomic E-state index is 13.4. The Morgan fingerprint density at radius 2 is 1.59 bits per heavy atom. The van der Waals surface area contributed by atoms with Crippen molar-refractivity contribution < 1.29 is 33.4 Å². The first-order valence-corrected chi connectivity index (χ1v) is 16.1. The van der Waals surface area contributed by atoms with E-state index < -0.39 is 23.8 Å². The lowest BCUT2D eigenvalue weighted by atomic mass is 9.91. The maximum Gasteiger partial charge on any atom is 0.247 e. The molecule has 0 fully saturated rings. The van der Waals surface area contributed by atoms with Gasteiger partial charge in [0, 0.05) is 37.2 Å². The van der Waals surface area contributed by atoms with E-state index in [0.29, 0.717) is 47.3 Å². The summed E-state index contributed by atoms with van der Waals surface area (Å²) in [5.41, 5.74) is 13.9. The van der Waals surface area contributed by atoms with Crippen LogP contribution >= 0.6 is 0 Å². The van der Waals surface area contributed by atoms with Crippen LogP contribution < -0.4 is 42.2 Å². The van der Waals surface area contributed by atoms with E-state index in [1.165, 1.54) is 11.9 Å². The minimum Gasteiger partial charge on any atom is -0.492 e. The minimum absolute atomic E-state index is 0.0192. The molecule has 0 aromatic heterocycles. The normalized spacial score (nSPS) is 11.8. The second-order valence-corrected chi connectivity index (χ2v) is 11.1. The fraction of sp³-hybridized carbons (Fsp3) is 0.471. The van der Waals surface area contributed by atoms with Crippen molar-refractivity contribution in [2.45, 2.75) is 32.2 Å². The van der Waals surface area contributed by atoms with E-state index >= 15 is 0 Å². The number of hydrogen-bond donors (Lipinski definition) is 6. The lowest BCUT2D eigenvalue weighted by Gasteiger charge is -2.28. The molecule has 0 saturated carbocycles. The Labute approximate surface area is 287 Å². The molecule has 2 aromatic carbocycles. The number of carbonyl (C=O) groups is 5. The van der Waals surface area contributed by atoms with Crippen molar-refractivity contribution in [3.8, 4) is 28.7 Å². The first-order chi connectivity index (χ1) is 23.6. The first-order valence-electron chi connectivity index (χ1n) is 16.1. The second-order valence-electron chi connectivity index (χ2n) is 11.1. The highest BCUT2D eigenvalue weighted by Crippen LogP contribution is 2.40. The van der Waals surface area contributed by atoms with E-state index in [2.05, 4.69) is 21.3 Å². The number of rotatable bonds is 22. The lowest BCUT2D eigenvalue weighted by molar-refractivity contribution is -0.138. The largest absolute Gasteiger partial charge is 0.492 e. The summed E-state index contributed by atoms with van der Waals surface area (Å²) in [4.78, 5) is 63.8. The zero-order valence-corrected chi connectivity index (χ0v) is 28.4. The Morgan fingerprint density at radius 1 is 0.939 bits per heavy atom. The maximum atomic E-state index is 13.4. The van der Waals surface area contributed by atoms with E-state index in [0.717, 1.165) is 12.0 Å². The fourth-order valence-electron chi connectivity index (χ4n) is 5.11. The van der Waals surface area contributed by atoms with E-state index in [1.54, 1.807) is 31.3 Å². The van der Waals surface area contributed by atoms with Crippen LogP contribution in [-0.2, 0) is 30.4 Å². The summed E-state index contributed by atoms with van der Waals surface area (Å²) in [6.07, 6.45) is 2.16. The highest BCUT2D eigenvalue weighted by atomic mass is 16.5. The third-order valence-corrected chi connectivity index (χ3v) is 7.40. The van der Waals surface area contributed by atoms with Crippen LogP contribution in [0.2, 0.25) is 0 Å². The number of likely N-dealkylation sites (N-methyl/N-ethyl adjacent to an activating group) is 2. The first kappa shape index (κ1) is 40.1. The minimum atomic E-state index is -1.09. The van der Waals surface area contributed by atoms with Gasteiger partial charge < -0.3 is 51.9 Å². The molecule has 15 heteroatoms. The van der Waals surface area contributed by atoms with Crippen LogP contribution in [-0.4, -0.2) is 101 Å².